The number of ether oxygens (including phenoxy) is 2. The van der Waals surface area contributed by atoms with Gasteiger partial charge in [-0.25, -0.2) is 4.79 Å². The highest BCUT2D eigenvalue weighted by atomic mass is 16.6. The van der Waals surface area contributed by atoms with Gasteiger partial charge in [-0.1, -0.05) is 13.8 Å². The largest absolute Gasteiger partial charge is 0.444 e. The second kappa shape index (κ2) is 5.19. The molecule has 0 spiro atoms. The standard InChI is InChI=1S/C15H28N2O3/c1-11(2)15(6)12-9-16(7-8-17(12)10-19-15)13(18)20-14(3,4)5/h11-12H,7-10H2,1-6H3/t12-,15-/m1/s1. The minimum atomic E-state index is -0.443. The third-order valence-electron chi connectivity index (χ3n) is 4.49. The normalized spacial score (nSPS) is 31.6. The van der Waals surface area contributed by atoms with Crippen LogP contribution in [0.15, 0.2) is 0 Å². The van der Waals surface area contributed by atoms with E-state index in [0.717, 1.165) is 6.54 Å². The summed E-state index contributed by atoms with van der Waals surface area (Å²) in [5.41, 5.74) is -0.636. The number of rotatable bonds is 1. The topological polar surface area (TPSA) is 42.0 Å². The Morgan fingerprint density at radius 3 is 2.55 bits per heavy atom. The van der Waals surface area contributed by atoms with Crippen LogP contribution in [0, 0.1) is 5.92 Å². The van der Waals surface area contributed by atoms with Gasteiger partial charge in [0, 0.05) is 19.6 Å². The maximum absolute atomic E-state index is 12.2. The molecule has 5 heteroatoms. The Hall–Kier alpha value is -0.810. The lowest BCUT2D eigenvalue weighted by molar-refractivity contribution is -0.0335. The van der Waals surface area contributed by atoms with Crippen LogP contribution in [-0.4, -0.2) is 59.5 Å². The van der Waals surface area contributed by atoms with E-state index >= 15 is 0 Å². The fourth-order valence-corrected chi connectivity index (χ4v) is 2.88. The van der Waals surface area contributed by atoms with Gasteiger partial charge in [0.15, 0.2) is 0 Å². The Morgan fingerprint density at radius 1 is 1.35 bits per heavy atom. The zero-order valence-electron chi connectivity index (χ0n) is 13.6. The molecule has 116 valence electrons. The van der Waals surface area contributed by atoms with Crippen LogP contribution >= 0.6 is 0 Å². The average Bonchev–Trinajstić information content (AvgIpc) is 2.66. The van der Waals surface area contributed by atoms with E-state index in [0.29, 0.717) is 25.7 Å². The lowest BCUT2D eigenvalue weighted by atomic mass is 9.84. The van der Waals surface area contributed by atoms with Gasteiger partial charge in [-0.15, -0.1) is 0 Å². The average molecular weight is 284 g/mol. The lowest BCUT2D eigenvalue weighted by Gasteiger charge is -2.43. The molecule has 0 saturated carbocycles. The summed E-state index contributed by atoms with van der Waals surface area (Å²) in [6.07, 6.45) is -0.213. The molecule has 2 heterocycles. The van der Waals surface area contributed by atoms with E-state index in [9.17, 15) is 4.79 Å². The first-order valence-corrected chi connectivity index (χ1v) is 7.49. The van der Waals surface area contributed by atoms with E-state index in [1.54, 1.807) is 0 Å². The molecule has 0 aromatic heterocycles. The Kier molecular flexibility index (Phi) is 4.04. The van der Waals surface area contributed by atoms with Crippen molar-refractivity contribution in [2.45, 2.75) is 58.8 Å². The number of nitrogens with zero attached hydrogens (tertiary/aromatic N) is 2. The maximum atomic E-state index is 12.2. The van der Waals surface area contributed by atoms with Gasteiger partial charge >= 0.3 is 6.09 Å². The van der Waals surface area contributed by atoms with Crippen LogP contribution in [0.3, 0.4) is 0 Å². The molecule has 1 amide bonds. The zero-order valence-corrected chi connectivity index (χ0v) is 13.6. The Morgan fingerprint density at radius 2 is 2.00 bits per heavy atom. The smallest absolute Gasteiger partial charge is 0.410 e. The third-order valence-corrected chi connectivity index (χ3v) is 4.49. The highest BCUT2D eigenvalue weighted by molar-refractivity contribution is 5.68. The predicted molar refractivity (Wildman–Crippen MR) is 77.5 cm³/mol. The van der Waals surface area contributed by atoms with E-state index in [1.807, 2.05) is 25.7 Å². The van der Waals surface area contributed by atoms with Crippen LogP contribution in [0.2, 0.25) is 0 Å². The van der Waals surface area contributed by atoms with Crippen LogP contribution in [0.5, 0.6) is 0 Å². The SMILES string of the molecule is CC(C)[C@@]1(C)OCN2CCN(C(=O)OC(C)(C)C)C[C@@H]21. The number of amides is 1. The molecule has 0 N–H and O–H groups in total. The Bertz CT molecular complexity index is 378. The van der Waals surface area contributed by atoms with Gasteiger partial charge in [0.2, 0.25) is 0 Å². The number of hydrogen-bond acceptors (Lipinski definition) is 4. The summed E-state index contributed by atoms with van der Waals surface area (Å²) in [4.78, 5) is 16.4. The quantitative estimate of drug-likeness (QED) is 0.741. The molecule has 2 aliphatic heterocycles. The van der Waals surface area contributed by atoms with Gasteiger partial charge in [0.25, 0.3) is 0 Å². The molecule has 0 unspecified atom stereocenters. The van der Waals surface area contributed by atoms with E-state index in [2.05, 4.69) is 25.7 Å². The number of piperazine rings is 1. The van der Waals surface area contributed by atoms with Crippen LogP contribution in [-0.2, 0) is 9.47 Å². The molecule has 2 saturated heterocycles. The second-order valence-corrected chi connectivity index (χ2v) is 7.37. The summed E-state index contributed by atoms with van der Waals surface area (Å²) in [5, 5.41) is 0. The molecular formula is C15H28N2O3. The minimum Gasteiger partial charge on any atom is -0.444 e. The zero-order chi connectivity index (χ0) is 15.1. The first kappa shape index (κ1) is 15.6. The molecule has 0 bridgehead atoms. The monoisotopic (exact) mass is 284 g/mol. The van der Waals surface area contributed by atoms with Gasteiger partial charge in [-0.05, 0) is 33.6 Å². The molecule has 2 atom stereocenters. The summed E-state index contributed by atoms with van der Waals surface area (Å²) < 4.78 is 11.5. The first-order chi connectivity index (χ1) is 9.13. The van der Waals surface area contributed by atoms with Crippen molar-refractivity contribution >= 4 is 6.09 Å². The predicted octanol–water partition coefficient (Wildman–Crippen LogP) is 2.31. The molecule has 0 aromatic rings. The van der Waals surface area contributed by atoms with Gasteiger partial charge in [-0.2, -0.15) is 0 Å². The maximum Gasteiger partial charge on any atom is 0.410 e. The van der Waals surface area contributed by atoms with Gasteiger partial charge < -0.3 is 14.4 Å². The van der Waals surface area contributed by atoms with Gasteiger partial charge in [0.05, 0.1) is 11.6 Å². The highest BCUT2D eigenvalue weighted by Crippen LogP contribution is 2.36. The summed E-state index contributed by atoms with van der Waals surface area (Å²) >= 11 is 0. The molecule has 20 heavy (non-hydrogen) atoms. The summed E-state index contributed by atoms with van der Waals surface area (Å²) in [6, 6.07) is 0.253. The van der Waals surface area contributed by atoms with E-state index < -0.39 is 5.60 Å². The molecule has 0 aromatic carbocycles. The fourth-order valence-electron chi connectivity index (χ4n) is 2.88. The Balaban J connectivity index is 2.06. The number of hydrogen-bond donors (Lipinski definition) is 0. The van der Waals surface area contributed by atoms with Crippen molar-refractivity contribution in [1.82, 2.24) is 9.80 Å². The number of fused-ring (bicyclic) bond motifs is 1. The van der Waals surface area contributed by atoms with Crippen LogP contribution in [0.25, 0.3) is 0 Å². The van der Waals surface area contributed by atoms with Crippen molar-refractivity contribution in [3.05, 3.63) is 0 Å². The summed E-state index contributed by atoms with van der Waals surface area (Å²) in [7, 11) is 0. The van der Waals surface area contributed by atoms with Crippen LogP contribution < -0.4 is 0 Å². The molecule has 0 radical (unpaired) electrons. The lowest BCUT2D eigenvalue weighted by Crippen LogP contribution is -2.59. The number of carbonyl (C=O) groups is 1. The molecule has 2 rings (SSSR count). The van der Waals surface area contributed by atoms with Crippen molar-refractivity contribution in [3.63, 3.8) is 0 Å². The van der Waals surface area contributed by atoms with Crippen LogP contribution in [0.4, 0.5) is 4.79 Å². The van der Waals surface area contributed by atoms with Crippen molar-refractivity contribution < 1.29 is 14.3 Å². The summed E-state index contributed by atoms with van der Waals surface area (Å²) in [5.74, 6) is 0.413. The molecule has 0 aliphatic carbocycles. The van der Waals surface area contributed by atoms with Crippen molar-refractivity contribution in [2.75, 3.05) is 26.4 Å². The minimum absolute atomic E-state index is 0.194. The second-order valence-electron chi connectivity index (χ2n) is 7.37. The first-order valence-electron chi connectivity index (χ1n) is 7.49. The van der Waals surface area contributed by atoms with E-state index in [1.165, 1.54) is 0 Å². The fraction of sp³-hybridized carbons (Fsp3) is 0.933. The summed E-state index contributed by atoms with van der Waals surface area (Å²) in [6.45, 7) is 15.1. The van der Waals surface area contributed by atoms with Gasteiger partial charge in [-0.3, -0.25) is 4.90 Å². The van der Waals surface area contributed by atoms with E-state index in [4.69, 9.17) is 9.47 Å². The highest BCUT2D eigenvalue weighted by Gasteiger charge is 2.50. The molecule has 2 fully saturated rings. The molecular weight excluding hydrogens is 256 g/mol. The van der Waals surface area contributed by atoms with Crippen LogP contribution in [0.1, 0.15) is 41.5 Å². The Labute approximate surface area is 122 Å². The van der Waals surface area contributed by atoms with Gasteiger partial charge in [0.1, 0.15) is 12.3 Å². The van der Waals surface area contributed by atoms with E-state index in [-0.39, 0.29) is 17.7 Å². The molecule has 5 nitrogen and oxygen atoms in total. The van der Waals surface area contributed by atoms with Crippen molar-refractivity contribution in [2.24, 2.45) is 5.92 Å². The van der Waals surface area contributed by atoms with Crippen molar-refractivity contribution in [1.29, 1.82) is 0 Å². The number of carbonyl (C=O) groups excluding carboxylic acids is 1. The third kappa shape index (κ3) is 2.93. The van der Waals surface area contributed by atoms with Crippen molar-refractivity contribution in [3.8, 4) is 0 Å². The molecule has 2 aliphatic rings.